The van der Waals surface area contributed by atoms with Crippen molar-refractivity contribution >= 4 is 17.9 Å². The predicted octanol–water partition coefficient (Wildman–Crippen LogP) is 2.83. The molecule has 2 aromatic rings. The third kappa shape index (κ3) is 5.85. The van der Waals surface area contributed by atoms with Gasteiger partial charge in [0.05, 0.1) is 12.2 Å². The summed E-state index contributed by atoms with van der Waals surface area (Å²) < 4.78 is 10.8. The summed E-state index contributed by atoms with van der Waals surface area (Å²) in [5, 5.41) is 4.75. The zero-order valence-corrected chi connectivity index (χ0v) is 15.2. The van der Waals surface area contributed by atoms with Crippen LogP contribution in [0.15, 0.2) is 54.6 Å². The number of imide groups is 1. The van der Waals surface area contributed by atoms with Gasteiger partial charge in [-0.15, -0.1) is 0 Å². The molecule has 0 saturated heterocycles. The maximum atomic E-state index is 12.6. The molecule has 0 spiro atoms. The molecule has 3 amide bonds. The zero-order chi connectivity index (χ0) is 19.6. The van der Waals surface area contributed by atoms with Crippen LogP contribution in [0.3, 0.4) is 0 Å². The number of nitrogens with one attached hydrogen (secondary N) is 2. The van der Waals surface area contributed by atoms with Gasteiger partial charge in [0.15, 0.2) is 0 Å². The van der Waals surface area contributed by atoms with Gasteiger partial charge in [0.1, 0.15) is 5.75 Å². The van der Waals surface area contributed by atoms with Crippen molar-refractivity contribution < 1.29 is 23.9 Å². The van der Waals surface area contributed by atoms with Crippen LogP contribution in [0.4, 0.5) is 4.79 Å². The Morgan fingerprint density at radius 2 is 1.74 bits per heavy atom. The molecule has 0 aromatic heterocycles. The minimum absolute atomic E-state index is 0.255. The molecular weight excluding hydrogens is 348 g/mol. The standard InChI is InChI=1S/C20H22N2O5/c1-3-21-20(25)22-18(23)17(14-9-6-5-7-10-14)27-16-12-8-11-15(13-16)19(24)26-4-2/h5-13,17H,3-4H2,1-2H3,(H2,21,22,23,25)/t17-/m1/s1. The van der Waals surface area contributed by atoms with E-state index in [2.05, 4.69) is 10.6 Å². The van der Waals surface area contributed by atoms with Gasteiger partial charge < -0.3 is 14.8 Å². The van der Waals surface area contributed by atoms with Gasteiger partial charge in [0.25, 0.3) is 5.91 Å². The molecule has 2 aromatic carbocycles. The van der Waals surface area contributed by atoms with E-state index >= 15 is 0 Å². The highest BCUT2D eigenvalue weighted by Gasteiger charge is 2.24. The average Bonchev–Trinajstić information content (AvgIpc) is 2.67. The molecule has 0 saturated carbocycles. The second-order valence-corrected chi connectivity index (χ2v) is 5.51. The highest BCUT2D eigenvalue weighted by molar-refractivity contribution is 5.97. The van der Waals surface area contributed by atoms with E-state index in [-0.39, 0.29) is 6.61 Å². The van der Waals surface area contributed by atoms with E-state index in [1.54, 1.807) is 56.3 Å². The average molecular weight is 370 g/mol. The van der Waals surface area contributed by atoms with Crippen LogP contribution < -0.4 is 15.4 Å². The number of ether oxygens (including phenoxy) is 2. The lowest BCUT2D eigenvalue weighted by Gasteiger charge is -2.19. The van der Waals surface area contributed by atoms with Crippen molar-refractivity contribution in [2.45, 2.75) is 20.0 Å². The van der Waals surface area contributed by atoms with Gasteiger partial charge in [-0.2, -0.15) is 0 Å². The third-order valence-corrected chi connectivity index (χ3v) is 3.51. The molecule has 0 unspecified atom stereocenters. The molecule has 0 radical (unpaired) electrons. The van der Waals surface area contributed by atoms with E-state index < -0.39 is 24.0 Å². The maximum Gasteiger partial charge on any atom is 0.338 e. The Bertz CT molecular complexity index is 792. The Hall–Kier alpha value is -3.35. The van der Waals surface area contributed by atoms with Crippen LogP contribution in [0.2, 0.25) is 0 Å². The SMILES string of the molecule is CCNC(=O)NC(=O)[C@H](Oc1cccc(C(=O)OCC)c1)c1ccccc1. The Morgan fingerprint density at radius 3 is 2.41 bits per heavy atom. The van der Waals surface area contributed by atoms with Crippen molar-refractivity contribution in [3.63, 3.8) is 0 Å². The van der Waals surface area contributed by atoms with Crippen molar-refractivity contribution in [1.82, 2.24) is 10.6 Å². The van der Waals surface area contributed by atoms with Crippen LogP contribution in [0.5, 0.6) is 5.75 Å². The van der Waals surface area contributed by atoms with Crippen molar-refractivity contribution in [2.24, 2.45) is 0 Å². The maximum absolute atomic E-state index is 12.6. The summed E-state index contributed by atoms with van der Waals surface area (Å²) in [4.78, 5) is 36.2. The van der Waals surface area contributed by atoms with Crippen LogP contribution in [0.1, 0.15) is 35.9 Å². The minimum Gasteiger partial charge on any atom is -0.476 e. The van der Waals surface area contributed by atoms with Crippen LogP contribution in [0, 0.1) is 0 Å². The van der Waals surface area contributed by atoms with Crippen LogP contribution >= 0.6 is 0 Å². The number of carbonyl (C=O) groups is 3. The number of urea groups is 1. The molecule has 1 atom stereocenters. The first-order valence-corrected chi connectivity index (χ1v) is 8.62. The van der Waals surface area contributed by atoms with E-state index in [4.69, 9.17) is 9.47 Å². The van der Waals surface area contributed by atoms with E-state index in [1.807, 2.05) is 6.07 Å². The van der Waals surface area contributed by atoms with Crippen molar-refractivity contribution in [2.75, 3.05) is 13.2 Å². The summed E-state index contributed by atoms with van der Waals surface area (Å²) in [5.74, 6) is -0.792. The lowest BCUT2D eigenvalue weighted by Crippen LogP contribution is -2.42. The second kappa shape index (κ2) is 9.96. The highest BCUT2D eigenvalue weighted by Crippen LogP contribution is 2.23. The molecule has 142 valence electrons. The number of benzene rings is 2. The first-order chi connectivity index (χ1) is 13.0. The highest BCUT2D eigenvalue weighted by atomic mass is 16.5. The van der Waals surface area contributed by atoms with Crippen molar-refractivity contribution in [3.8, 4) is 5.75 Å². The van der Waals surface area contributed by atoms with Crippen molar-refractivity contribution in [1.29, 1.82) is 0 Å². The monoisotopic (exact) mass is 370 g/mol. The van der Waals surface area contributed by atoms with Crippen molar-refractivity contribution in [3.05, 3.63) is 65.7 Å². The topological polar surface area (TPSA) is 93.7 Å². The molecule has 27 heavy (non-hydrogen) atoms. The largest absolute Gasteiger partial charge is 0.476 e. The lowest BCUT2D eigenvalue weighted by atomic mass is 10.1. The summed E-state index contributed by atoms with van der Waals surface area (Å²) in [7, 11) is 0. The fraction of sp³-hybridized carbons (Fsp3) is 0.250. The summed E-state index contributed by atoms with van der Waals surface area (Å²) in [5.41, 5.74) is 0.881. The van der Waals surface area contributed by atoms with Gasteiger partial charge in [0, 0.05) is 12.1 Å². The molecule has 0 aliphatic rings. The lowest BCUT2D eigenvalue weighted by molar-refractivity contribution is -0.127. The van der Waals surface area contributed by atoms with Crippen LogP contribution in [-0.2, 0) is 9.53 Å². The molecule has 0 aliphatic heterocycles. The summed E-state index contributed by atoms with van der Waals surface area (Å²) in [6, 6.07) is 14.5. The van der Waals surface area contributed by atoms with E-state index in [0.29, 0.717) is 23.4 Å². The second-order valence-electron chi connectivity index (χ2n) is 5.51. The molecule has 2 N–H and O–H groups in total. The van der Waals surface area contributed by atoms with Gasteiger partial charge in [-0.05, 0) is 32.0 Å². The van der Waals surface area contributed by atoms with Gasteiger partial charge in [-0.3, -0.25) is 10.1 Å². The molecular formula is C20H22N2O5. The van der Waals surface area contributed by atoms with E-state index in [1.165, 1.54) is 6.07 Å². The Labute approximate surface area is 157 Å². The van der Waals surface area contributed by atoms with E-state index in [9.17, 15) is 14.4 Å². The molecule has 7 nitrogen and oxygen atoms in total. The first-order valence-electron chi connectivity index (χ1n) is 8.62. The number of rotatable bonds is 7. The number of carbonyl (C=O) groups excluding carboxylic acids is 3. The van der Waals surface area contributed by atoms with E-state index in [0.717, 1.165) is 0 Å². The predicted molar refractivity (Wildman–Crippen MR) is 99.4 cm³/mol. The number of hydrogen-bond donors (Lipinski definition) is 2. The summed E-state index contributed by atoms with van der Waals surface area (Å²) in [6.07, 6.45) is -1.06. The van der Waals surface area contributed by atoms with Crippen LogP contribution in [-0.4, -0.2) is 31.1 Å². The zero-order valence-electron chi connectivity index (χ0n) is 15.2. The number of amides is 3. The molecule has 0 aliphatic carbocycles. The quantitative estimate of drug-likeness (QED) is 0.731. The third-order valence-electron chi connectivity index (χ3n) is 3.51. The fourth-order valence-electron chi connectivity index (χ4n) is 2.33. The minimum atomic E-state index is -1.06. The normalized spacial score (nSPS) is 11.2. The Morgan fingerprint density at radius 1 is 1.00 bits per heavy atom. The number of esters is 1. The van der Waals surface area contributed by atoms with Gasteiger partial charge in [0.2, 0.25) is 6.10 Å². The van der Waals surface area contributed by atoms with Gasteiger partial charge >= 0.3 is 12.0 Å². The molecule has 0 fully saturated rings. The molecule has 2 rings (SSSR count). The molecule has 0 bridgehead atoms. The Balaban J connectivity index is 2.24. The van der Waals surface area contributed by atoms with Crippen LogP contribution in [0.25, 0.3) is 0 Å². The summed E-state index contributed by atoms with van der Waals surface area (Å²) in [6.45, 7) is 4.11. The fourth-order valence-corrected chi connectivity index (χ4v) is 2.33. The molecule has 7 heteroatoms. The summed E-state index contributed by atoms with van der Waals surface area (Å²) >= 11 is 0. The van der Waals surface area contributed by atoms with Gasteiger partial charge in [-0.1, -0.05) is 36.4 Å². The smallest absolute Gasteiger partial charge is 0.338 e. The Kier molecular flexibility index (Phi) is 7.37. The first kappa shape index (κ1) is 20.0. The number of hydrogen-bond acceptors (Lipinski definition) is 5. The van der Waals surface area contributed by atoms with Gasteiger partial charge in [-0.25, -0.2) is 9.59 Å². The molecule has 0 heterocycles.